The van der Waals surface area contributed by atoms with Crippen LogP contribution in [-0.2, 0) is 10.1 Å². The van der Waals surface area contributed by atoms with Crippen molar-refractivity contribution in [3.63, 3.8) is 0 Å². The van der Waals surface area contributed by atoms with E-state index in [1.54, 1.807) is 0 Å². The number of rotatable bonds is 1. The van der Waals surface area contributed by atoms with Gasteiger partial charge in [0.25, 0.3) is 0 Å². The molecule has 0 bridgehead atoms. The van der Waals surface area contributed by atoms with E-state index in [-0.39, 0.29) is 40.1 Å². The van der Waals surface area contributed by atoms with Crippen LogP contribution in [0, 0.1) is 0 Å². The van der Waals surface area contributed by atoms with Gasteiger partial charge in [-0.3, -0.25) is 0 Å². The average Bonchev–Trinajstić information content (AvgIpc) is 2.68. The Hall–Kier alpha value is -0.890. The molecule has 0 saturated carbocycles. The van der Waals surface area contributed by atoms with Crippen molar-refractivity contribution < 1.29 is 48.0 Å². The summed E-state index contributed by atoms with van der Waals surface area (Å²) in [4.78, 5) is 2.63. The summed E-state index contributed by atoms with van der Waals surface area (Å²) in [5.74, 6) is 0. The molecule has 1 aromatic heterocycles. The van der Waals surface area contributed by atoms with Crippen molar-refractivity contribution in [1.82, 2.24) is 4.98 Å². The third-order valence-electron chi connectivity index (χ3n) is 2.73. The molecule has 0 aliphatic rings. The summed E-state index contributed by atoms with van der Waals surface area (Å²) in [5, 5.41) is 2.44. The molecule has 3 rings (SSSR count). The van der Waals surface area contributed by atoms with Crippen LogP contribution in [0.5, 0.6) is 0 Å². The number of nitrogens with one attached hydrogen (secondary N) is 1. The second-order valence-electron chi connectivity index (χ2n) is 3.87. The molecule has 0 saturated heterocycles. The van der Waals surface area contributed by atoms with Crippen LogP contribution in [0.15, 0.2) is 47.5 Å². The van der Waals surface area contributed by atoms with Crippen LogP contribution >= 0.6 is 0 Å². The zero-order chi connectivity index (χ0) is 12.0. The molecule has 3 aromatic rings. The normalized spacial score (nSPS) is 11.0. The summed E-state index contributed by atoms with van der Waals surface area (Å²) in [6.07, 6.45) is 0. The maximum atomic E-state index is 10.9. The fraction of sp³-hybridized carbons (Fsp3) is 0. The third kappa shape index (κ3) is 3.00. The van der Waals surface area contributed by atoms with E-state index in [0.29, 0.717) is 5.52 Å². The van der Waals surface area contributed by atoms with Crippen molar-refractivity contribution in [2.24, 2.45) is 0 Å². The minimum absolute atomic E-state index is 0. The Balaban J connectivity index is 0.000000902. The molecule has 0 atom stereocenters. The van der Waals surface area contributed by atoms with Gasteiger partial charge in [0.05, 0.1) is 0 Å². The van der Waals surface area contributed by atoms with Crippen molar-refractivity contribution in [2.45, 2.75) is 5.03 Å². The van der Waals surface area contributed by atoms with E-state index in [2.05, 4.69) is 4.98 Å². The van der Waals surface area contributed by atoms with Gasteiger partial charge < -0.3 is 15.0 Å². The predicted molar refractivity (Wildman–Crippen MR) is 67.4 cm³/mol. The van der Waals surface area contributed by atoms with Crippen molar-refractivity contribution >= 4 is 31.8 Å². The predicted octanol–water partition coefficient (Wildman–Crippen LogP) is -1.60. The molecule has 7 heteroatoms. The van der Waals surface area contributed by atoms with Crippen LogP contribution in [0.3, 0.4) is 0 Å². The molecular weight excluding hydrogens is 277 g/mol. The molecule has 19 heavy (non-hydrogen) atoms. The van der Waals surface area contributed by atoms with E-state index in [1.165, 1.54) is 6.07 Å². The van der Waals surface area contributed by atoms with Gasteiger partial charge in [0.15, 0.2) is 0 Å². The monoisotopic (exact) mass is 287 g/mol. The second kappa shape index (κ2) is 5.62. The van der Waals surface area contributed by atoms with Crippen LogP contribution in [0.2, 0.25) is 0 Å². The molecule has 0 aliphatic heterocycles. The van der Waals surface area contributed by atoms with E-state index in [4.69, 9.17) is 0 Å². The Labute approximate surface area is 132 Å². The molecule has 0 radical (unpaired) electrons. The molecule has 0 spiro atoms. The fourth-order valence-corrected chi connectivity index (χ4v) is 2.44. The Morgan fingerprint density at radius 3 is 2.11 bits per heavy atom. The largest absolute Gasteiger partial charge is 1.00 e. The molecule has 0 amide bonds. The van der Waals surface area contributed by atoms with Gasteiger partial charge >= 0.3 is 29.6 Å². The number of hydrogen-bond donors (Lipinski definition) is 1. The van der Waals surface area contributed by atoms with Crippen LogP contribution in [0.1, 0.15) is 0 Å². The summed E-state index contributed by atoms with van der Waals surface area (Å²) in [5.41, 5.74) is 0.651. The van der Waals surface area contributed by atoms with Crippen LogP contribution in [0.25, 0.3) is 21.7 Å². The SMILES string of the molecule is O.O=S(=O)([O-])c1cc2cc3ccccc3cc2[nH]1.[Na+]. The molecule has 2 aromatic carbocycles. The molecule has 0 unspecified atom stereocenters. The van der Waals surface area contributed by atoms with Gasteiger partial charge in [-0.25, -0.2) is 8.42 Å². The van der Waals surface area contributed by atoms with Crippen LogP contribution in [0.4, 0.5) is 0 Å². The van der Waals surface area contributed by atoms with E-state index in [9.17, 15) is 13.0 Å². The number of fused-ring (bicyclic) bond motifs is 2. The van der Waals surface area contributed by atoms with E-state index in [0.717, 1.165) is 16.2 Å². The second-order valence-corrected chi connectivity index (χ2v) is 5.22. The fourth-order valence-electron chi connectivity index (χ4n) is 1.93. The number of benzene rings is 2. The maximum Gasteiger partial charge on any atom is 1.00 e. The topological polar surface area (TPSA) is 104 Å². The van der Waals surface area contributed by atoms with E-state index >= 15 is 0 Å². The van der Waals surface area contributed by atoms with Crippen molar-refractivity contribution in [3.8, 4) is 0 Å². The van der Waals surface area contributed by atoms with Crippen LogP contribution < -0.4 is 29.6 Å². The first-order chi connectivity index (χ1) is 8.04. The van der Waals surface area contributed by atoms with Crippen molar-refractivity contribution in [2.75, 3.05) is 0 Å². The minimum Gasteiger partial charge on any atom is -0.743 e. The molecule has 0 fully saturated rings. The molecule has 1 heterocycles. The maximum absolute atomic E-state index is 10.9. The zero-order valence-electron chi connectivity index (χ0n) is 10.2. The Morgan fingerprint density at radius 2 is 1.53 bits per heavy atom. The summed E-state index contributed by atoms with van der Waals surface area (Å²) in [6, 6.07) is 12.7. The van der Waals surface area contributed by atoms with Gasteiger partial charge in [-0.05, 0) is 29.0 Å². The smallest absolute Gasteiger partial charge is 0.743 e. The van der Waals surface area contributed by atoms with Gasteiger partial charge in [0, 0.05) is 10.9 Å². The molecule has 0 aliphatic carbocycles. The summed E-state index contributed by atoms with van der Waals surface area (Å²) >= 11 is 0. The average molecular weight is 287 g/mol. The number of aromatic nitrogens is 1. The zero-order valence-corrected chi connectivity index (χ0v) is 13.0. The molecule has 3 N–H and O–H groups in total. The van der Waals surface area contributed by atoms with Gasteiger partial charge in [-0.2, -0.15) is 0 Å². The Morgan fingerprint density at radius 1 is 0.947 bits per heavy atom. The summed E-state index contributed by atoms with van der Waals surface area (Å²) in [7, 11) is -4.43. The van der Waals surface area contributed by atoms with Gasteiger partial charge in [0.1, 0.15) is 15.1 Å². The molecule has 5 nitrogen and oxygen atoms in total. The molecule has 94 valence electrons. The van der Waals surface area contributed by atoms with Crippen molar-refractivity contribution in [3.05, 3.63) is 42.5 Å². The Kier molecular flexibility index (Phi) is 4.78. The summed E-state index contributed by atoms with van der Waals surface area (Å²) in [6.45, 7) is 0. The Bertz CT molecular complexity index is 773. The van der Waals surface area contributed by atoms with Crippen molar-refractivity contribution in [1.29, 1.82) is 0 Å². The number of H-pyrrole nitrogens is 1. The first kappa shape index (κ1) is 16.2. The number of hydrogen-bond acceptors (Lipinski definition) is 3. The minimum atomic E-state index is -4.43. The van der Waals surface area contributed by atoms with Gasteiger partial charge in [-0.15, -0.1) is 0 Å². The molecular formula is C12H10NNaO4S. The quantitative estimate of drug-likeness (QED) is 0.430. The van der Waals surface area contributed by atoms with Gasteiger partial charge in [0.2, 0.25) is 0 Å². The van der Waals surface area contributed by atoms with E-state index in [1.807, 2.05) is 36.4 Å². The first-order valence-corrected chi connectivity index (χ1v) is 6.42. The summed E-state index contributed by atoms with van der Waals surface area (Å²) < 4.78 is 32.7. The van der Waals surface area contributed by atoms with E-state index < -0.39 is 10.1 Å². The first-order valence-electron chi connectivity index (χ1n) is 5.01. The number of aromatic amines is 1. The van der Waals surface area contributed by atoms with Gasteiger partial charge in [-0.1, -0.05) is 24.3 Å². The standard InChI is InChI=1S/C12H9NO3S.Na.H2O/c14-17(15,16)12-7-10-5-8-3-1-2-4-9(8)6-11(10)13-12;;/h1-7,13H,(H,14,15,16);;1H2/q;+1;/p-1. The third-order valence-corrected chi connectivity index (χ3v) is 3.49. The van der Waals surface area contributed by atoms with Crippen LogP contribution in [-0.4, -0.2) is 23.4 Å².